The molecular formula is C17H20N2O4. The minimum absolute atomic E-state index is 0.0959. The summed E-state index contributed by atoms with van der Waals surface area (Å²) in [5, 5.41) is 0. The molecule has 1 heterocycles. The molecule has 0 unspecified atom stereocenters. The SMILES string of the molecule is CCCc1ccc(C(=O)[C@H](C)OC(=O)C2=CCC(=O)NN2)cc1. The Morgan fingerprint density at radius 2 is 1.91 bits per heavy atom. The minimum atomic E-state index is -0.903. The summed E-state index contributed by atoms with van der Waals surface area (Å²) in [5.41, 5.74) is 6.57. The molecule has 1 aliphatic heterocycles. The second kappa shape index (κ2) is 7.58. The fourth-order valence-corrected chi connectivity index (χ4v) is 2.20. The van der Waals surface area contributed by atoms with E-state index >= 15 is 0 Å². The van der Waals surface area contributed by atoms with Crippen molar-refractivity contribution >= 4 is 17.7 Å². The molecule has 1 aromatic rings. The number of ether oxygens (including phenoxy) is 1. The summed E-state index contributed by atoms with van der Waals surface area (Å²) in [6, 6.07) is 7.31. The Balaban J connectivity index is 1.96. The quantitative estimate of drug-likeness (QED) is 0.616. The number of Topliss-reactive ketones (excluding diaryl/α,β-unsaturated/α-hetero) is 1. The van der Waals surface area contributed by atoms with Crippen molar-refractivity contribution in [3.63, 3.8) is 0 Å². The van der Waals surface area contributed by atoms with Crippen LogP contribution in [0.5, 0.6) is 0 Å². The van der Waals surface area contributed by atoms with Crippen molar-refractivity contribution in [1.29, 1.82) is 0 Å². The molecule has 0 spiro atoms. The van der Waals surface area contributed by atoms with E-state index in [0.717, 1.165) is 12.8 Å². The largest absolute Gasteiger partial charge is 0.450 e. The molecule has 1 amide bonds. The number of benzene rings is 1. The van der Waals surface area contributed by atoms with E-state index in [4.69, 9.17) is 4.74 Å². The molecule has 0 radical (unpaired) electrons. The van der Waals surface area contributed by atoms with Gasteiger partial charge in [-0.1, -0.05) is 37.6 Å². The maximum atomic E-state index is 12.3. The molecule has 0 bridgehead atoms. The zero-order valence-corrected chi connectivity index (χ0v) is 13.2. The number of hydrogen-bond acceptors (Lipinski definition) is 5. The first-order valence-corrected chi connectivity index (χ1v) is 7.60. The number of esters is 1. The summed E-state index contributed by atoms with van der Waals surface area (Å²) in [5.74, 6) is -1.17. The lowest BCUT2D eigenvalue weighted by atomic mass is 10.0. The molecule has 1 atom stereocenters. The summed E-state index contributed by atoms with van der Waals surface area (Å²) >= 11 is 0. The molecule has 122 valence electrons. The molecule has 1 aliphatic rings. The maximum absolute atomic E-state index is 12.3. The van der Waals surface area contributed by atoms with Crippen molar-refractivity contribution in [2.75, 3.05) is 0 Å². The minimum Gasteiger partial charge on any atom is -0.450 e. The van der Waals surface area contributed by atoms with Gasteiger partial charge in [0.15, 0.2) is 6.10 Å². The second-order valence-electron chi connectivity index (χ2n) is 5.35. The zero-order valence-electron chi connectivity index (χ0n) is 13.2. The summed E-state index contributed by atoms with van der Waals surface area (Å²) in [7, 11) is 0. The number of carbonyl (C=O) groups is 3. The highest BCUT2D eigenvalue weighted by molar-refractivity contribution is 6.01. The fourth-order valence-electron chi connectivity index (χ4n) is 2.20. The predicted molar refractivity (Wildman–Crippen MR) is 84.3 cm³/mol. The summed E-state index contributed by atoms with van der Waals surface area (Å²) in [4.78, 5) is 35.2. The first-order chi connectivity index (χ1) is 11.0. The Morgan fingerprint density at radius 3 is 2.48 bits per heavy atom. The summed E-state index contributed by atoms with van der Waals surface area (Å²) in [6.07, 6.45) is 2.63. The van der Waals surface area contributed by atoms with Gasteiger partial charge in [0.1, 0.15) is 5.70 Å². The summed E-state index contributed by atoms with van der Waals surface area (Å²) in [6.45, 7) is 3.62. The standard InChI is InChI=1S/C17H20N2O4/c1-3-4-12-5-7-13(8-6-12)16(21)11(2)23-17(22)14-9-10-15(20)19-18-14/h5-9,11,18H,3-4,10H2,1-2H3,(H,19,20)/t11-/m0/s1. The topological polar surface area (TPSA) is 84.5 Å². The van der Waals surface area contributed by atoms with Gasteiger partial charge < -0.3 is 4.74 Å². The number of aryl methyl sites for hydroxylation is 1. The molecular weight excluding hydrogens is 296 g/mol. The van der Waals surface area contributed by atoms with Gasteiger partial charge in [0, 0.05) is 12.0 Å². The van der Waals surface area contributed by atoms with Crippen molar-refractivity contribution in [2.45, 2.75) is 39.2 Å². The van der Waals surface area contributed by atoms with Crippen LogP contribution in [0.1, 0.15) is 42.6 Å². The average molecular weight is 316 g/mol. The van der Waals surface area contributed by atoms with E-state index in [-0.39, 0.29) is 23.8 Å². The van der Waals surface area contributed by atoms with Crippen LogP contribution in [-0.2, 0) is 20.7 Å². The molecule has 1 aromatic carbocycles. The third kappa shape index (κ3) is 4.42. The van der Waals surface area contributed by atoms with Crippen molar-refractivity contribution in [3.8, 4) is 0 Å². The Bertz CT molecular complexity index is 634. The van der Waals surface area contributed by atoms with E-state index < -0.39 is 12.1 Å². The highest BCUT2D eigenvalue weighted by Gasteiger charge is 2.23. The number of hydrogen-bond donors (Lipinski definition) is 2. The molecule has 0 saturated carbocycles. The van der Waals surface area contributed by atoms with Crippen molar-refractivity contribution in [2.24, 2.45) is 0 Å². The molecule has 2 rings (SSSR count). The van der Waals surface area contributed by atoms with Crippen LogP contribution >= 0.6 is 0 Å². The van der Waals surface area contributed by atoms with E-state index in [0.29, 0.717) is 5.56 Å². The molecule has 0 aromatic heterocycles. The van der Waals surface area contributed by atoms with Crippen LogP contribution in [0.3, 0.4) is 0 Å². The van der Waals surface area contributed by atoms with Gasteiger partial charge in [0.2, 0.25) is 11.7 Å². The van der Waals surface area contributed by atoms with Crippen molar-refractivity contribution < 1.29 is 19.1 Å². The van der Waals surface area contributed by atoms with Gasteiger partial charge in [-0.15, -0.1) is 0 Å². The second-order valence-corrected chi connectivity index (χ2v) is 5.35. The lowest BCUT2D eigenvalue weighted by Gasteiger charge is -2.18. The van der Waals surface area contributed by atoms with Crippen LogP contribution in [0.25, 0.3) is 0 Å². The van der Waals surface area contributed by atoms with Gasteiger partial charge in [0.05, 0.1) is 0 Å². The Hall–Kier alpha value is -2.63. The number of amides is 1. The fraction of sp³-hybridized carbons (Fsp3) is 0.353. The van der Waals surface area contributed by atoms with Crippen LogP contribution in [0, 0.1) is 0 Å². The van der Waals surface area contributed by atoms with Crippen molar-refractivity contribution in [3.05, 3.63) is 47.2 Å². The van der Waals surface area contributed by atoms with Gasteiger partial charge in [0.25, 0.3) is 0 Å². The molecule has 0 saturated heterocycles. The van der Waals surface area contributed by atoms with Crippen LogP contribution in [0.2, 0.25) is 0 Å². The van der Waals surface area contributed by atoms with Crippen LogP contribution < -0.4 is 10.9 Å². The monoisotopic (exact) mass is 316 g/mol. The summed E-state index contributed by atoms with van der Waals surface area (Å²) < 4.78 is 5.15. The van der Waals surface area contributed by atoms with E-state index in [1.807, 2.05) is 12.1 Å². The lowest BCUT2D eigenvalue weighted by molar-refractivity contribution is -0.142. The van der Waals surface area contributed by atoms with Gasteiger partial charge in [-0.05, 0) is 25.0 Å². The molecule has 0 fully saturated rings. The highest BCUT2D eigenvalue weighted by atomic mass is 16.5. The van der Waals surface area contributed by atoms with Crippen molar-refractivity contribution in [1.82, 2.24) is 10.9 Å². The third-order valence-electron chi connectivity index (χ3n) is 3.48. The van der Waals surface area contributed by atoms with Gasteiger partial charge in [-0.3, -0.25) is 20.4 Å². The normalized spacial score (nSPS) is 15.0. The molecule has 0 aliphatic carbocycles. The van der Waals surface area contributed by atoms with Gasteiger partial charge in [-0.2, -0.15) is 0 Å². The lowest BCUT2D eigenvalue weighted by Crippen LogP contribution is -2.43. The predicted octanol–water partition coefficient (Wildman–Crippen LogP) is 1.66. The highest BCUT2D eigenvalue weighted by Crippen LogP contribution is 2.12. The smallest absolute Gasteiger partial charge is 0.356 e. The molecule has 6 heteroatoms. The molecule has 6 nitrogen and oxygen atoms in total. The Kier molecular flexibility index (Phi) is 5.51. The van der Waals surface area contributed by atoms with Crippen LogP contribution in [0.4, 0.5) is 0 Å². The van der Waals surface area contributed by atoms with E-state index in [9.17, 15) is 14.4 Å². The van der Waals surface area contributed by atoms with Crippen LogP contribution in [-0.4, -0.2) is 23.8 Å². The number of rotatable bonds is 6. The van der Waals surface area contributed by atoms with Gasteiger partial charge in [-0.25, -0.2) is 4.79 Å². The van der Waals surface area contributed by atoms with E-state index in [2.05, 4.69) is 17.8 Å². The Morgan fingerprint density at radius 1 is 1.22 bits per heavy atom. The first kappa shape index (κ1) is 16.7. The Labute approximate surface area is 134 Å². The number of ketones is 1. The molecule has 2 N–H and O–H groups in total. The molecule has 23 heavy (non-hydrogen) atoms. The third-order valence-corrected chi connectivity index (χ3v) is 3.48. The maximum Gasteiger partial charge on any atom is 0.356 e. The van der Waals surface area contributed by atoms with E-state index in [1.165, 1.54) is 18.6 Å². The van der Waals surface area contributed by atoms with E-state index in [1.54, 1.807) is 12.1 Å². The average Bonchev–Trinajstić information content (AvgIpc) is 2.55. The zero-order chi connectivity index (χ0) is 16.8. The van der Waals surface area contributed by atoms with Crippen LogP contribution in [0.15, 0.2) is 36.0 Å². The first-order valence-electron chi connectivity index (χ1n) is 7.60. The van der Waals surface area contributed by atoms with Gasteiger partial charge >= 0.3 is 5.97 Å². The number of carbonyl (C=O) groups excluding carboxylic acids is 3. The number of hydrazine groups is 1. The number of nitrogens with one attached hydrogen (secondary N) is 2.